The number of furan rings is 1. The van der Waals surface area contributed by atoms with Crippen molar-refractivity contribution >= 4 is 61.0 Å². The summed E-state index contributed by atoms with van der Waals surface area (Å²) < 4.78 is 8.94. The van der Waals surface area contributed by atoms with E-state index in [-0.39, 0.29) is 0 Å². The van der Waals surface area contributed by atoms with Crippen LogP contribution in [-0.4, -0.2) is 16.1 Å². The van der Waals surface area contributed by atoms with Crippen LogP contribution in [0.1, 0.15) is 23.6 Å². The van der Waals surface area contributed by atoms with E-state index < -0.39 is 0 Å². The Hall–Kier alpha value is -8.34. The maximum absolute atomic E-state index is 6.59. The number of rotatable bonds is 8. The van der Waals surface area contributed by atoms with Gasteiger partial charge in [0.2, 0.25) is 0 Å². The summed E-state index contributed by atoms with van der Waals surface area (Å²) >= 11 is 0. The minimum atomic E-state index is 0.557. The lowest BCUT2D eigenvalue weighted by Gasteiger charge is -2.12. The Labute approximate surface area is 366 Å². The first kappa shape index (κ1) is 37.6. The molecule has 9 aromatic carbocycles. The van der Waals surface area contributed by atoms with Gasteiger partial charge in [0, 0.05) is 38.5 Å². The lowest BCUT2D eigenvalue weighted by atomic mass is 9.94. The first-order valence-electron chi connectivity index (χ1n) is 21.2. The lowest BCUT2D eigenvalue weighted by molar-refractivity contribution is 0.669. The molecule has 0 unspecified atom stereocenters. The number of hydrogen-bond donors (Lipinski definition) is 0. The molecule has 2 heterocycles. The number of aromatic nitrogens is 1. The van der Waals surface area contributed by atoms with Crippen LogP contribution >= 0.6 is 0 Å². The molecule has 4 nitrogen and oxygen atoms in total. The first-order valence-corrected chi connectivity index (χ1v) is 21.2. The Morgan fingerprint density at radius 3 is 1.71 bits per heavy atom. The van der Waals surface area contributed by atoms with E-state index in [1.54, 1.807) is 0 Å². The topological polar surface area (TPSA) is 42.8 Å². The molecule has 11 rings (SSSR count). The van der Waals surface area contributed by atoms with Gasteiger partial charge in [-0.1, -0.05) is 158 Å². The summed E-state index contributed by atoms with van der Waals surface area (Å²) in [5, 5.41) is 4.37. The van der Waals surface area contributed by atoms with Crippen molar-refractivity contribution < 1.29 is 4.42 Å². The Bertz CT molecular complexity index is 3500. The highest BCUT2D eigenvalue weighted by Crippen LogP contribution is 2.39. The molecule has 0 atom stereocenters. The van der Waals surface area contributed by atoms with Crippen molar-refractivity contribution in [1.29, 1.82) is 0 Å². The van der Waals surface area contributed by atoms with Crippen molar-refractivity contribution in [3.8, 4) is 39.1 Å². The van der Waals surface area contributed by atoms with E-state index in [1.807, 2.05) is 54.6 Å². The van der Waals surface area contributed by atoms with Gasteiger partial charge in [-0.25, -0.2) is 9.98 Å². The summed E-state index contributed by atoms with van der Waals surface area (Å²) in [5.41, 5.74) is 16.0. The molecule has 0 aliphatic carbocycles. The first-order chi connectivity index (χ1) is 31.1. The molecule has 298 valence electrons. The zero-order valence-electron chi connectivity index (χ0n) is 34.7. The number of benzene rings is 9. The predicted octanol–water partition coefficient (Wildman–Crippen LogP) is 15.6. The van der Waals surface area contributed by atoms with Crippen LogP contribution in [0.15, 0.2) is 239 Å². The molecule has 0 aliphatic heterocycles. The molecule has 63 heavy (non-hydrogen) atoms. The molecule has 0 fully saturated rings. The molecule has 2 aromatic heterocycles. The SMILES string of the molecule is C=C(N=C(N=C(C)c1cc(-c2ccccc2)cc(-c2ccccc2)c1)c1cccc2oc3ccc(-c4ccc5c(c4)c4ccccc4n5-c4ccccc4)cc3c12)c1ccccc1. The van der Waals surface area contributed by atoms with E-state index >= 15 is 0 Å². The summed E-state index contributed by atoms with van der Waals surface area (Å²) in [4.78, 5) is 10.7. The van der Waals surface area contributed by atoms with Gasteiger partial charge < -0.3 is 8.98 Å². The predicted molar refractivity (Wildman–Crippen MR) is 265 cm³/mol. The van der Waals surface area contributed by atoms with Crippen molar-refractivity contribution in [3.63, 3.8) is 0 Å². The fraction of sp³-hybridized carbons (Fsp3) is 0.0169. The van der Waals surface area contributed by atoms with E-state index in [2.05, 4.69) is 182 Å². The van der Waals surface area contributed by atoms with Gasteiger partial charge in [0.15, 0.2) is 5.84 Å². The summed E-state index contributed by atoms with van der Waals surface area (Å²) in [6.45, 7) is 6.51. The molecule has 0 spiro atoms. The van der Waals surface area contributed by atoms with Gasteiger partial charge in [0.1, 0.15) is 11.2 Å². The van der Waals surface area contributed by atoms with Gasteiger partial charge in [-0.05, 0) is 118 Å². The smallest absolute Gasteiger partial charge is 0.160 e. The zero-order chi connectivity index (χ0) is 42.3. The van der Waals surface area contributed by atoms with Crippen LogP contribution in [-0.2, 0) is 0 Å². The fourth-order valence-electron chi connectivity index (χ4n) is 8.82. The second kappa shape index (κ2) is 15.9. The molecule has 0 N–H and O–H groups in total. The Balaban J connectivity index is 1.08. The van der Waals surface area contributed by atoms with Crippen molar-refractivity contribution in [3.05, 3.63) is 242 Å². The second-order valence-electron chi connectivity index (χ2n) is 15.9. The standard InChI is InChI=1S/C59H41N3O/c1-39(41-18-7-3-8-19-41)60-59(61-40(2)46-34-47(42-20-9-4-10-21-42)36-48(35-46)43-22-11-5-12-23-43)51-27-17-29-57-58(51)53-38-45(31-33-56(53)63-57)44-30-32-55-52(37-44)50-26-15-16-28-54(50)62(55)49-24-13-6-14-25-49/h3-38H,1H2,2H3. The van der Waals surface area contributed by atoms with E-state index in [0.29, 0.717) is 11.5 Å². The third kappa shape index (κ3) is 7.04. The Morgan fingerprint density at radius 2 is 1.02 bits per heavy atom. The van der Waals surface area contributed by atoms with E-state index in [4.69, 9.17) is 14.4 Å². The third-order valence-electron chi connectivity index (χ3n) is 11.9. The monoisotopic (exact) mass is 807 g/mol. The number of para-hydroxylation sites is 2. The Morgan fingerprint density at radius 1 is 0.429 bits per heavy atom. The average Bonchev–Trinajstić information content (AvgIpc) is 3.90. The maximum atomic E-state index is 6.59. The summed E-state index contributed by atoms with van der Waals surface area (Å²) in [5.74, 6) is 0.557. The van der Waals surface area contributed by atoms with E-state index in [0.717, 1.165) is 83.4 Å². The third-order valence-corrected chi connectivity index (χ3v) is 11.9. The molecule has 0 saturated carbocycles. The molecule has 0 bridgehead atoms. The van der Waals surface area contributed by atoms with Crippen LogP contribution in [0.2, 0.25) is 0 Å². The van der Waals surface area contributed by atoms with Gasteiger partial charge in [-0.15, -0.1) is 0 Å². The van der Waals surface area contributed by atoms with Crippen molar-refractivity contribution in [1.82, 2.24) is 4.57 Å². The number of aliphatic imine (C=N–C) groups is 2. The summed E-state index contributed by atoms with van der Waals surface area (Å²) in [6.07, 6.45) is 0. The van der Waals surface area contributed by atoms with Crippen LogP contribution in [0, 0.1) is 0 Å². The highest BCUT2D eigenvalue weighted by molar-refractivity contribution is 6.22. The van der Waals surface area contributed by atoms with Crippen LogP contribution in [0.5, 0.6) is 0 Å². The van der Waals surface area contributed by atoms with Crippen LogP contribution in [0.3, 0.4) is 0 Å². The number of nitrogens with zero attached hydrogens (tertiary/aromatic N) is 3. The zero-order valence-corrected chi connectivity index (χ0v) is 34.7. The van der Waals surface area contributed by atoms with E-state index in [1.165, 1.54) is 21.8 Å². The molecule has 0 radical (unpaired) electrons. The normalized spacial score (nSPS) is 12.1. The number of hydrogen-bond acceptors (Lipinski definition) is 2. The molecule has 0 aliphatic rings. The highest BCUT2D eigenvalue weighted by atomic mass is 16.3. The largest absolute Gasteiger partial charge is 0.456 e. The molecule has 0 saturated heterocycles. The van der Waals surface area contributed by atoms with Crippen molar-refractivity contribution in [2.75, 3.05) is 0 Å². The lowest BCUT2D eigenvalue weighted by Crippen LogP contribution is -2.05. The molecule has 0 amide bonds. The summed E-state index contributed by atoms with van der Waals surface area (Å²) in [6, 6.07) is 76.4. The van der Waals surface area contributed by atoms with Gasteiger partial charge in [-0.2, -0.15) is 0 Å². The Kier molecular flexibility index (Phi) is 9.52. The van der Waals surface area contributed by atoms with Crippen LogP contribution < -0.4 is 0 Å². The number of fused-ring (bicyclic) bond motifs is 6. The van der Waals surface area contributed by atoms with E-state index in [9.17, 15) is 0 Å². The molecule has 4 heteroatoms. The average molecular weight is 808 g/mol. The van der Waals surface area contributed by atoms with Crippen molar-refractivity contribution in [2.24, 2.45) is 9.98 Å². The molecular weight excluding hydrogens is 767 g/mol. The molecular formula is C59H41N3O. The second-order valence-corrected chi connectivity index (χ2v) is 15.9. The molecule has 11 aromatic rings. The highest BCUT2D eigenvalue weighted by Gasteiger charge is 2.19. The van der Waals surface area contributed by atoms with Gasteiger partial charge in [0.05, 0.1) is 16.7 Å². The maximum Gasteiger partial charge on any atom is 0.160 e. The van der Waals surface area contributed by atoms with Crippen molar-refractivity contribution in [2.45, 2.75) is 6.92 Å². The fourth-order valence-corrected chi connectivity index (χ4v) is 8.82. The summed E-state index contributed by atoms with van der Waals surface area (Å²) in [7, 11) is 0. The minimum Gasteiger partial charge on any atom is -0.456 e. The quantitative estimate of drug-likeness (QED) is 0.111. The minimum absolute atomic E-state index is 0.557. The number of amidine groups is 1. The van der Waals surface area contributed by atoms with Crippen LogP contribution in [0.4, 0.5) is 0 Å². The van der Waals surface area contributed by atoms with Gasteiger partial charge in [-0.3, -0.25) is 0 Å². The van der Waals surface area contributed by atoms with Crippen LogP contribution in [0.25, 0.3) is 88.5 Å². The van der Waals surface area contributed by atoms with Gasteiger partial charge in [0.25, 0.3) is 0 Å². The van der Waals surface area contributed by atoms with Gasteiger partial charge >= 0.3 is 0 Å².